The molecule has 15 heavy (non-hydrogen) atoms. The Morgan fingerprint density at radius 1 is 1.20 bits per heavy atom. The van der Waals surface area contributed by atoms with Gasteiger partial charge in [-0.15, -0.1) is 0 Å². The van der Waals surface area contributed by atoms with Crippen molar-refractivity contribution in [3.05, 3.63) is 48.2 Å². The second-order valence-electron chi connectivity index (χ2n) is 5.04. The first kappa shape index (κ1) is 11.8. The van der Waals surface area contributed by atoms with Gasteiger partial charge >= 0.3 is 0 Å². The molecule has 0 heterocycles. The zero-order chi connectivity index (χ0) is 11.5. The topological polar surface area (TPSA) is 3.24 Å². The van der Waals surface area contributed by atoms with Crippen molar-refractivity contribution in [3.63, 3.8) is 0 Å². The van der Waals surface area contributed by atoms with Gasteiger partial charge in [-0.3, -0.25) is 0 Å². The van der Waals surface area contributed by atoms with Crippen molar-refractivity contribution >= 4 is 0 Å². The fourth-order valence-electron chi connectivity index (χ4n) is 1.53. The highest BCUT2D eigenvalue weighted by atomic mass is 15.1. The van der Waals surface area contributed by atoms with E-state index >= 15 is 0 Å². The minimum absolute atomic E-state index is 0.142. The number of benzene rings is 1. The molecule has 0 saturated carbocycles. The van der Waals surface area contributed by atoms with Crippen molar-refractivity contribution < 1.29 is 0 Å². The highest BCUT2D eigenvalue weighted by molar-refractivity contribution is 5.16. The maximum absolute atomic E-state index is 4.15. The zero-order valence-corrected chi connectivity index (χ0v) is 10.2. The van der Waals surface area contributed by atoms with Crippen molar-refractivity contribution in [2.75, 3.05) is 7.05 Å². The third-order valence-corrected chi connectivity index (χ3v) is 2.59. The van der Waals surface area contributed by atoms with Crippen LogP contribution in [-0.4, -0.2) is 11.9 Å². The normalized spacial score (nSPS) is 11.2. The molecule has 0 unspecified atom stereocenters. The molecule has 0 aliphatic rings. The first-order chi connectivity index (χ1) is 6.91. The molecule has 1 heteroatoms. The fourth-order valence-corrected chi connectivity index (χ4v) is 1.53. The largest absolute Gasteiger partial charge is 0.374 e. The highest BCUT2D eigenvalue weighted by Gasteiger charge is 2.18. The molecule has 1 rings (SSSR count). The Morgan fingerprint density at radius 2 is 1.73 bits per heavy atom. The van der Waals surface area contributed by atoms with Crippen LogP contribution in [0.25, 0.3) is 0 Å². The van der Waals surface area contributed by atoms with Gasteiger partial charge in [-0.25, -0.2) is 0 Å². The van der Waals surface area contributed by atoms with Crippen molar-refractivity contribution in [2.24, 2.45) is 5.41 Å². The summed E-state index contributed by atoms with van der Waals surface area (Å²) in [5.41, 5.74) is 2.64. The van der Waals surface area contributed by atoms with Gasteiger partial charge in [-0.2, -0.15) is 0 Å². The van der Waals surface area contributed by atoms with Crippen LogP contribution in [0.15, 0.2) is 42.6 Å². The molecule has 0 saturated heterocycles. The molecule has 1 nitrogen and oxygen atoms in total. The van der Waals surface area contributed by atoms with Gasteiger partial charge in [0, 0.05) is 24.7 Å². The maximum atomic E-state index is 4.15. The SMILES string of the molecule is C=C(N(C)Cc1ccccc1)C(C)(C)C. The highest BCUT2D eigenvalue weighted by Crippen LogP contribution is 2.26. The van der Waals surface area contributed by atoms with Gasteiger partial charge < -0.3 is 4.90 Å². The number of rotatable bonds is 3. The van der Waals surface area contributed by atoms with Crippen LogP contribution in [-0.2, 0) is 6.54 Å². The Balaban J connectivity index is 2.65. The number of nitrogens with zero attached hydrogens (tertiary/aromatic N) is 1. The summed E-state index contributed by atoms with van der Waals surface area (Å²) in [6.45, 7) is 11.6. The lowest BCUT2D eigenvalue weighted by Gasteiger charge is -2.31. The van der Waals surface area contributed by atoms with E-state index < -0.39 is 0 Å². The number of allylic oxidation sites excluding steroid dienone is 1. The second-order valence-corrected chi connectivity index (χ2v) is 5.04. The van der Waals surface area contributed by atoms with Crippen molar-refractivity contribution in [1.29, 1.82) is 0 Å². The molecule has 0 spiro atoms. The number of hydrogen-bond donors (Lipinski definition) is 0. The van der Waals surface area contributed by atoms with E-state index in [1.54, 1.807) is 0 Å². The van der Waals surface area contributed by atoms with E-state index in [1.165, 1.54) is 11.3 Å². The van der Waals surface area contributed by atoms with Gasteiger partial charge in [0.05, 0.1) is 0 Å². The molecule has 0 atom stereocenters. The van der Waals surface area contributed by atoms with Crippen LogP contribution in [0, 0.1) is 5.41 Å². The average molecular weight is 203 g/mol. The van der Waals surface area contributed by atoms with E-state index in [4.69, 9.17) is 0 Å². The molecular formula is C14H21N. The first-order valence-corrected chi connectivity index (χ1v) is 5.35. The van der Waals surface area contributed by atoms with Crippen LogP contribution < -0.4 is 0 Å². The van der Waals surface area contributed by atoms with E-state index in [1.807, 2.05) is 6.07 Å². The monoisotopic (exact) mass is 203 g/mol. The van der Waals surface area contributed by atoms with Gasteiger partial charge in [-0.05, 0) is 5.56 Å². The maximum Gasteiger partial charge on any atom is 0.0423 e. The Labute approximate surface area is 93.4 Å². The molecule has 0 radical (unpaired) electrons. The fraction of sp³-hybridized carbons (Fsp3) is 0.429. The Kier molecular flexibility index (Phi) is 3.57. The Hall–Kier alpha value is -1.24. The number of hydrogen-bond acceptors (Lipinski definition) is 1. The summed E-state index contributed by atoms with van der Waals surface area (Å²) in [6, 6.07) is 10.5. The van der Waals surface area contributed by atoms with Gasteiger partial charge in [0.1, 0.15) is 0 Å². The van der Waals surface area contributed by atoms with Gasteiger partial charge in [-0.1, -0.05) is 57.7 Å². The molecule has 1 aromatic rings. The minimum atomic E-state index is 0.142. The lowest BCUT2D eigenvalue weighted by Crippen LogP contribution is -2.25. The van der Waals surface area contributed by atoms with Crippen LogP contribution in [0.5, 0.6) is 0 Å². The lowest BCUT2D eigenvalue weighted by atomic mass is 9.92. The van der Waals surface area contributed by atoms with Gasteiger partial charge in [0.2, 0.25) is 0 Å². The van der Waals surface area contributed by atoms with E-state index in [-0.39, 0.29) is 5.41 Å². The molecule has 0 bridgehead atoms. The second kappa shape index (κ2) is 4.52. The summed E-state index contributed by atoms with van der Waals surface area (Å²) in [7, 11) is 2.10. The molecule has 82 valence electrons. The predicted octanol–water partition coefficient (Wildman–Crippen LogP) is 3.68. The zero-order valence-electron chi connectivity index (χ0n) is 10.2. The van der Waals surface area contributed by atoms with Crippen LogP contribution >= 0.6 is 0 Å². The summed E-state index contributed by atoms with van der Waals surface area (Å²) in [4.78, 5) is 2.22. The van der Waals surface area contributed by atoms with Crippen molar-refractivity contribution in [1.82, 2.24) is 4.90 Å². The first-order valence-electron chi connectivity index (χ1n) is 5.35. The van der Waals surface area contributed by atoms with E-state index in [0.29, 0.717) is 0 Å². The minimum Gasteiger partial charge on any atom is -0.374 e. The molecule has 1 aromatic carbocycles. The van der Waals surface area contributed by atoms with Crippen molar-refractivity contribution in [2.45, 2.75) is 27.3 Å². The molecule has 0 N–H and O–H groups in total. The van der Waals surface area contributed by atoms with E-state index in [9.17, 15) is 0 Å². The van der Waals surface area contributed by atoms with Crippen LogP contribution in [0.4, 0.5) is 0 Å². The van der Waals surface area contributed by atoms with Crippen LogP contribution in [0.2, 0.25) is 0 Å². The Morgan fingerprint density at radius 3 is 2.20 bits per heavy atom. The third kappa shape index (κ3) is 3.43. The summed E-state index contributed by atoms with van der Waals surface area (Å²) in [5.74, 6) is 0. The lowest BCUT2D eigenvalue weighted by molar-refractivity contribution is 0.307. The molecular weight excluding hydrogens is 182 g/mol. The summed E-state index contributed by atoms with van der Waals surface area (Å²) in [6.07, 6.45) is 0. The molecule has 0 aromatic heterocycles. The molecule has 0 aliphatic heterocycles. The summed E-state index contributed by atoms with van der Waals surface area (Å²) in [5, 5.41) is 0. The summed E-state index contributed by atoms with van der Waals surface area (Å²) < 4.78 is 0. The third-order valence-electron chi connectivity index (χ3n) is 2.59. The average Bonchev–Trinajstić information content (AvgIpc) is 2.16. The quantitative estimate of drug-likeness (QED) is 0.724. The van der Waals surface area contributed by atoms with E-state index in [0.717, 1.165) is 6.54 Å². The Bertz CT molecular complexity index is 319. The van der Waals surface area contributed by atoms with Crippen molar-refractivity contribution in [3.8, 4) is 0 Å². The molecule has 0 aliphatic carbocycles. The van der Waals surface area contributed by atoms with Crippen LogP contribution in [0.3, 0.4) is 0 Å². The van der Waals surface area contributed by atoms with Crippen LogP contribution in [0.1, 0.15) is 26.3 Å². The van der Waals surface area contributed by atoms with Gasteiger partial charge in [0.25, 0.3) is 0 Å². The van der Waals surface area contributed by atoms with E-state index in [2.05, 4.69) is 63.6 Å². The summed E-state index contributed by atoms with van der Waals surface area (Å²) >= 11 is 0. The smallest absolute Gasteiger partial charge is 0.0423 e. The van der Waals surface area contributed by atoms with Gasteiger partial charge in [0.15, 0.2) is 0 Å². The standard InChI is InChI=1S/C14H21N/c1-12(14(2,3)4)15(5)11-13-9-7-6-8-10-13/h6-10H,1,11H2,2-5H3. The predicted molar refractivity (Wildman–Crippen MR) is 66.5 cm³/mol. The molecule has 0 amide bonds. The molecule has 0 fully saturated rings.